The monoisotopic (exact) mass is 306 g/mol. The summed E-state index contributed by atoms with van der Waals surface area (Å²) >= 11 is 5.79. The highest BCUT2D eigenvalue weighted by Gasteiger charge is 2.49. The lowest BCUT2D eigenvalue weighted by molar-refractivity contribution is -0.216. The maximum Gasteiger partial charge on any atom is 0.394 e. The first kappa shape index (κ1) is 15.2. The van der Waals surface area contributed by atoms with Crippen LogP contribution < -0.4 is 4.74 Å². The van der Waals surface area contributed by atoms with Crippen molar-refractivity contribution in [2.75, 3.05) is 6.61 Å². The number of rotatable bonds is 2. The largest absolute Gasteiger partial charge is 0.492 e. The molecular formula is C14H14ClF3O2. The van der Waals surface area contributed by atoms with E-state index >= 15 is 0 Å². The molecule has 0 fully saturated rings. The number of ketones is 1. The number of fused-ring (bicyclic) bond motifs is 1. The quantitative estimate of drug-likeness (QED) is 0.803. The van der Waals surface area contributed by atoms with Crippen LogP contribution in [-0.2, 0) is 0 Å². The average molecular weight is 307 g/mol. The predicted molar refractivity (Wildman–Crippen MR) is 69.2 cm³/mol. The van der Waals surface area contributed by atoms with Gasteiger partial charge in [0.25, 0.3) is 0 Å². The van der Waals surface area contributed by atoms with Gasteiger partial charge in [0, 0.05) is 5.02 Å². The van der Waals surface area contributed by atoms with E-state index in [1.54, 1.807) is 0 Å². The van der Waals surface area contributed by atoms with Gasteiger partial charge in [0.15, 0.2) is 5.78 Å². The molecule has 1 aliphatic heterocycles. The third kappa shape index (κ3) is 2.77. The van der Waals surface area contributed by atoms with Crippen molar-refractivity contribution in [2.24, 2.45) is 11.3 Å². The predicted octanol–water partition coefficient (Wildman–Crippen LogP) is 4.51. The molecule has 0 spiro atoms. The first-order valence-electron chi connectivity index (χ1n) is 6.15. The van der Waals surface area contributed by atoms with Crippen LogP contribution in [0.15, 0.2) is 18.2 Å². The Morgan fingerprint density at radius 1 is 1.35 bits per heavy atom. The number of carbonyl (C=O) groups is 1. The molecule has 0 radical (unpaired) electrons. The van der Waals surface area contributed by atoms with Crippen molar-refractivity contribution in [1.29, 1.82) is 0 Å². The number of hydrogen-bond donors (Lipinski definition) is 0. The Labute approximate surface area is 119 Å². The molecule has 0 amide bonds. The third-order valence-electron chi connectivity index (χ3n) is 3.54. The smallest absolute Gasteiger partial charge is 0.394 e. The third-order valence-corrected chi connectivity index (χ3v) is 3.78. The van der Waals surface area contributed by atoms with Gasteiger partial charge >= 0.3 is 6.18 Å². The fourth-order valence-corrected chi connectivity index (χ4v) is 2.35. The van der Waals surface area contributed by atoms with Crippen LogP contribution in [0.4, 0.5) is 13.2 Å². The zero-order valence-electron chi connectivity index (χ0n) is 11.1. The van der Waals surface area contributed by atoms with Gasteiger partial charge in [-0.05, 0) is 24.6 Å². The van der Waals surface area contributed by atoms with E-state index in [1.807, 2.05) is 0 Å². The van der Waals surface area contributed by atoms with Crippen molar-refractivity contribution in [1.82, 2.24) is 0 Å². The Bertz CT molecular complexity index is 538. The number of ether oxygens (including phenoxy) is 1. The van der Waals surface area contributed by atoms with E-state index in [2.05, 4.69) is 0 Å². The van der Waals surface area contributed by atoms with Crippen LogP contribution in [0, 0.1) is 11.3 Å². The average Bonchev–Trinajstić information content (AvgIpc) is 2.31. The number of carbonyl (C=O) groups excluding carboxylic acids is 1. The van der Waals surface area contributed by atoms with E-state index in [0.717, 1.165) is 13.8 Å². The lowest BCUT2D eigenvalue weighted by atomic mass is 9.79. The van der Waals surface area contributed by atoms with Crippen LogP contribution in [-0.4, -0.2) is 18.6 Å². The van der Waals surface area contributed by atoms with E-state index in [-0.39, 0.29) is 18.8 Å². The van der Waals surface area contributed by atoms with Crippen molar-refractivity contribution in [2.45, 2.75) is 26.4 Å². The van der Waals surface area contributed by atoms with Gasteiger partial charge in [-0.2, -0.15) is 13.2 Å². The van der Waals surface area contributed by atoms with Crippen LogP contribution >= 0.6 is 11.6 Å². The highest BCUT2D eigenvalue weighted by molar-refractivity contribution is 6.30. The summed E-state index contributed by atoms with van der Waals surface area (Å²) < 4.78 is 44.1. The van der Waals surface area contributed by atoms with Crippen LogP contribution in [0.3, 0.4) is 0 Å². The van der Waals surface area contributed by atoms with Crippen molar-refractivity contribution in [3.8, 4) is 5.75 Å². The minimum absolute atomic E-state index is 0.0499. The molecule has 1 heterocycles. The molecule has 6 heteroatoms. The van der Waals surface area contributed by atoms with Gasteiger partial charge < -0.3 is 4.74 Å². The number of benzene rings is 1. The summed E-state index contributed by atoms with van der Waals surface area (Å²) in [5, 5.41) is 0.422. The standard InChI is InChI=1S/C14H14ClF3O2/c1-13(2,14(16,17)18)6-8-7-20-11-5-9(15)3-4-10(11)12(8)19/h3-5,8H,6-7H2,1-2H3/t8-/m0/s1. The topological polar surface area (TPSA) is 26.3 Å². The molecule has 110 valence electrons. The number of alkyl halides is 3. The summed E-state index contributed by atoms with van der Waals surface area (Å²) in [6.07, 6.45) is -4.65. The van der Waals surface area contributed by atoms with Crippen molar-refractivity contribution >= 4 is 17.4 Å². The number of Topliss-reactive ketones (excluding diaryl/α,β-unsaturated/α-hetero) is 1. The van der Waals surface area contributed by atoms with Crippen molar-refractivity contribution in [3.05, 3.63) is 28.8 Å². The summed E-state index contributed by atoms with van der Waals surface area (Å²) in [5.74, 6) is -0.774. The molecule has 0 N–H and O–H groups in total. The molecule has 1 aliphatic rings. The zero-order chi connectivity index (χ0) is 15.1. The minimum Gasteiger partial charge on any atom is -0.492 e. The number of halogens is 4. The molecule has 0 bridgehead atoms. The normalized spacial score (nSPS) is 19.5. The van der Waals surface area contributed by atoms with Crippen molar-refractivity contribution < 1.29 is 22.7 Å². The van der Waals surface area contributed by atoms with Gasteiger partial charge in [0.05, 0.1) is 23.5 Å². The van der Waals surface area contributed by atoms with Crippen LogP contribution in [0.5, 0.6) is 5.75 Å². The van der Waals surface area contributed by atoms with E-state index < -0.39 is 17.5 Å². The van der Waals surface area contributed by atoms with Crippen LogP contribution in [0.1, 0.15) is 30.6 Å². The van der Waals surface area contributed by atoms with Gasteiger partial charge in [-0.3, -0.25) is 4.79 Å². The van der Waals surface area contributed by atoms with Crippen LogP contribution in [0.2, 0.25) is 5.02 Å². The molecule has 1 aromatic carbocycles. The molecule has 1 aromatic rings. The van der Waals surface area contributed by atoms with Gasteiger partial charge in [0.2, 0.25) is 0 Å². The SMILES string of the molecule is CC(C)(C[C@H]1COc2cc(Cl)ccc2C1=O)C(F)(F)F. The van der Waals surface area contributed by atoms with Crippen molar-refractivity contribution in [3.63, 3.8) is 0 Å². The summed E-state index contributed by atoms with van der Waals surface area (Å²) in [5.41, 5.74) is -1.63. The van der Waals surface area contributed by atoms with E-state index in [0.29, 0.717) is 16.3 Å². The fourth-order valence-electron chi connectivity index (χ4n) is 2.19. The van der Waals surface area contributed by atoms with Gasteiger partial charge in [-0.1, -0.05) is 25.4 Å². The highest BCUT2D eigenvalue weighted by atomic mass is 35.5. The molecule has 1 atom stereocenters. The Balaban J connectivity index is 2.22. The molecule has 20 heavy (non-hydrogen) atoms. The summed E-state index contributed by atoms with van der Waals surface area (Å²) in [6, 6.07) is 4.52. The Morgan fingerprint density at radius 3 is 2.60 bits per heavy atom. The van der Waals surface area contributed by atoms with Crippen LogP contribution in [0.25, 0.3) is 0 Å². The fraction of sp³-hybridized carbons (Fsp3) is 0.500. The molecule has 0 unspecified atom stereocenters. The molecule has 0 aromatic heterocycles. The molecule has 2 rings (SSSR count). The summed E-state index contributed by atoms with van der Waals surface area (Å²) in [7, 11) is 0. The second-order valence-electron chi connectivity index (χ2n) is 5.60. The Hall–Kier alpha value is -1.23. The first-order chi connectivity index (χ1) is 9.12. The number of hydrogen-bond acceptors (Lipinski definition) is 2. The second-order valence-corrected chi connectivity index (χ2v) is 6.03. The molecule has 2 nitrogen and oxygen atoms in total. The molecule has 0 saturated heterocycles. The Kier molecular flexibility index (Phi) is 3.75. The Morgan fingerprint density at radius 2 is 2.00 bits per heavy atom. The van der Waals surface area contributed by atoms with Gasteiger partial charge in [0.1, 0.15) is 5.75 Å². The second kappa shape index (κ2) is 4.95. The molecular weight excluding hydrogens is 293 g/mol. The maximum absolute atomic E-state index is 12.9. The van der Waals surface area contributed by atoms with E-state index in [4.69, 9.17) is 16.3 Å². The van der Waals surface area contributed by atoms with E-state index in [1.165, 1.54) is 18.2 Å². The highest BCUT2D eigenvalue weighted by Crippen LogP contribution is 2.44. The first-order valence-corrected chi connectivity index (χ1v) is 6.53. The lowest BCUT2D eigenvalue weighted by Gasteiger charge is -2.33. The van der Waals surface area contributed by atoms with E-state index in [9.17, 15) is 18.0 Å². The summed E-state index contributed by atoms with van der Waals surface area (Å²) in [6.45, 7) is 2.14. The maximum atomic E-state index is 12.9. The lowest BCUT2D eigenvalue weighted by Crippen LogP contribution is -2.39. The van der Waals surface area contributed by atoms with Gasteiger partial charge in [-0.25, -0.2) is 0 Å². The minimum atomic E-state index is -4.35. The molecule has 0 saturated carbocycles. The summed E-state index contributed by atoms with van der Waals surface area (Å²) in [4.78, 5) is 12.2. The van der Waals surface area contributed by atoms with Gasteiger partial charge in [-0.15, -0.1) is 0 Å². The zero-order valence-corrected chi connectivity index (χ0v) is 11.8. The molecule has 0 aliphatic carbocycles.